The van der Waals surface area contributed by atoms with Crippen molar-refractivity contribution in [3.05, 3.63) is 39.1 Å². The van der Waals surface area contributed by atoms with Crippen LogP contribution in [0.15, 0.2) is 28.5 Å². The third-order valence-electron chi connectivity index (χ3n) is 1.45. The largest absolute Gasteiger partial charge is 0.476 e. The molecule has 0 atom stereocenters. The minimum Gasteiger partial charge on any atom is -0.476 e. The molecule has 0 spiro atoms. The summed E-state index contributed by atoms with van der Waals surface area (Å²) in [6.45, 7) is 0. The summed E-state index contributed by atoms with van der Waals surface area (Å²) in [5, 5.41) is 8.58. The van der Waals surface area contributed by atoms with Crippen LogP contribution >= 0.6 is 27.5 Å². The van der Waals surface area contributed by atoms with E-state index in [1.807, 2.05) is 0 Å². The molecule has 0 fully saturated rings. The van der Waals surface area contributed by atoms with Crippen LogP contribution in [0.3, 0.4) is 0 Å². The smallest absolute Gasteiger partial charge is 0.364 e. The summed E-state index contributed by atoms with van der Waals surface area (Å²) >= 11 is 8.92. The van der Waals surface area contributed by atoms with Gasteiger partial charge in [0.2, 0.25) is 5.83 Å². The Morgan fingerprint density at radius 2 is 2.21 bits per heavy atom. The van der Waals surface area contributed by atoms with Crippen LogP contribution in [0.25, 0.3) is 6.08 Å². The fourth-order valence-corrected chi connectivity index (χ4v) is 1.54. The number of carboxylic acid groups (broad SMARTS) is 1. The average molecular weight is 279 g/mol. The summed E-state index contributed by atoms with van der Waals surface area (Å²) in [6, 6.07) is 4.73. The molecule has 5 heteroatoms. The summed E-state index contributed by atoms with van der Waals surface area (Å²) in [7, 11) is 0. The Kier molecular flexibility index (Phi) is 3.66. The molecule has 1 aromatic rings. The zero-order valence-corrected chi connectivity index (χ0v) is 9.14. The molecule has 0 aromatic heterocycles. The van der Waals surface area contributed by atoms with Crippen molar-refractivity contribution in [3.8, 4) is 0 Å². The Hall–Kier alpha value is -0.870. The van der Waals surface area contributed by atoms with Crippen LogP contribution in [0.4, 0.5) is 4.39 Å². The van der Waals surface area contributed by atoms with Crippen LogP contribution < -0.4 is 0 Å². The molecule has 0 saturated heterocycles. The van der Waals surface area contributed by atoms with Gasteiger partial charge in [-0.15, -0.1) is 0 Å². The fraction of sp³-hybridized carbons (Fsp3) is 0. The Bertz CT molecular complexity index is 404. The lowest BCUT2D eigenvalue weighted by Gasteiger charge is -1.98. The van der Waals surface area contributed by atoms with Crippen LogP contribution in [0.5, 0.6) is 0 Å². The Morgan fingerprint density at radius 1 is 1.57 bits per heavy atom. The van der Waals surface area contributed by atoms with Crippen LogP contribution in [-0.2, 0) is 4.79 Å². The zero-order valence-electron chi connectivity index (χ0n) is 6.80. The van der Waals surface area contributed by atoms with Gasteiger partial charge in [0.15, 0.2) is 0 Å². The van der Waals surface area contributed by atoms with E-state index in [2.05, 4.69) is 15.9 Å². The molecule has 0 unspecified atom stereocenters. The van der Waals surface area contributed by atoms with E-state index in [4.69, 9.17) is 16.7 Å². The molecule has 1 aromatic carbocycles. The quantitative estimate of drug-likeness (QED) is 0.841. The van der Waals surface area contributed by atoms with Crippen LogP contribution in [0.1, 0.15) is 5.56 Å². The molecule has 2 nitrogen and oxygen atoms in total. The second-order valence-electron chi connectivity index (χ2n) is 2.46. The number of carboxylic acids is 1. The van der Waals surface area contributed by atoms with Gasteiger partial charge in [-0.25, -0.2) is 4.79 Å². The molecular formula is C9H5BrClFO2. The summed E-state index contributed by atoms with van der Waals surface area (Å²) in [5.74, 6) is -2.85. The average Bonchev–Trinajstić information content (AvgIpc) is 2.09. The van der Waals surface area contributed by atoms with Gasteiger partial charge in [0.25, 0.3) is 0 Å². The first kappa shape index (κ1) is 11.2. The van der Waals surface area contributed by atoms with Crippen molar-refractivity contribution >= 4 is 39.6 Å². The van der Waals surface area contributed by atoms with Crippen LogP contribution in [-0.4, -0.2) is 11.1 Å². The zero-order chi connectivity index (χ0) is 10.7. The maximum Gasteiger partial charge on any atom is 0.364 e. The highest BCUT2D eigenvalue weighted by molar-refractivity contribution is 9.10. The van der Waals surface area contributed by atoms with Gasteiger partial charge in [0, 0.05) is 9.50 Å². The molecule has 74 valence electrons. The van der Waals surface area contributed by atoms with Crippen molar-refractivity contribution in [3.63, 3.8) is 0 Å². The lowest BCUT2D eigenvalue weighted by atomic mass is 10.2. The summed E-state index contributed by atoms with van der Waals surface area (Å²) < 4.78 is 13.4. The van der Waals surface area contributed by atoms with E-state index >= 15 is 0 Å². The minimum absolute atomic E-state index is 0.288. The lowest BCUT2D eigenvalue weighted by molar-refractivity contribution is -0.134. The third kappa shape index (κ3) is 2.82. The Labute approximate surface area is 93.1 Å². The number of aliphatic carboxylic acids is 1. The first-order chi connectivity index (χ1) is 6.50. The fourth-order valence-electron chi connectivity index (χ4n) is 0.817. The number of halogens is 3. The maximum atomic E-state index is 12.7. The van der Waals surface area contributed by atoms with E-state index in [9.17, 15) is 9.18 Å². The van der Waals surface area contributed by atoms with Gasteiger partial charge in [0.05, 0.1) is 0 Å². The standard InChI is InChI=1S/C9H5BrClFO2/c10-6-2-1-5(7(11)4-6)3-8(12)9(13)14/h1-4H,(H,13,14). The molecule has 1 N–H and O–H groups in total. The molecule has 0 heterocycles. The Balaban J connectivity index is 3.09. The van der Waals surface area contributed by atoms with E-state index in [0.717, 1.165) is 10.5 Å². The second-order valence-corrected chi connectivity index (χ2v) is 3.79. The highest BCUT2D eigenvalue weighted by atomic mass is 79.9. The first-order valence-corrected chi connectivity index (χ1v) is 4.73. The SMILES string of the molecule is O=C(O)C(F)=Cc1ccc(Br)cc1Cl. The minimum atomic E-state index is -1.61. The predicted octanol–water partition coefficient (Wildman–Crippen LogP) is 3.50. The topological polar surface area (TPSA) is 37.3 Å². The van der Waals surface area contributed by atoms with Crippen molar-refractivity contribution in [2.24, 2.45) is 0 Å². The summed E-state index contributed by atoms with van der Waals surface area (Å²) in [4.78, 5) is 10.2. The van der Waals surface area contributed by atoms with Crippen molar-refractivity contribution in [1.29, 1.82) is 0 Å². The molecule has 0 aliphatic rings. The van der Waals surface area contributed by atoms with E-state index in [1.165, 1.54) is 6.07 Å². The van der Waals surface area contributed by atoms with Crippen LogP contribution in [0.2, 0.25) is 5.02 Å². The number of hydrogen-bond donors (Lipinski definition) is 1. The highest BCUT2D eigenvalue weighted by Gasteiger charge is 2.06. The van der Waals surface area contributed by atoms with Gasteiger partial charge in [-0.3, -0.25) is 0 Å². The van der Waals surface area contributed by atoms with Gasteiger partial charge in [-0.05, 0) is 23.8 Å². The molecule has 0 aliphatic carbocycles. The molecule has 0 radical (unpaired) electrons. The second kappa shape index (κ2) is 4.57. The van der Waals surface area contributed by atoms with E-state index in [1.54, 1.807) is 12.1 Å². The van der Waals surface area contributed by atoms with Crippen molar-refractivity contribution in [2.75, 3.05) is 0 Å². The van der Waals surface area contributed by atoms with Crippen molar-refractivity contribution < 1.29 is 14.3 Å². The van der Waals surface area contributed by atoms with Gasteiger partial charge >= 0.3 is 5.97 Å². The normalized spacial score (nSPS) is 11.5. The van der Waals surface area contributed by atoms with Crippen LogP contribution in [0, 0.1) is 0 Å². The molecule has 0 aliphatic heterocycles. The molecular weight excluding hydrogens is 274 g/mol. The van der Waals surface area contributed by atoms with E-state index < -0.39 is 11.8 Å². The number of carbonyl (C=O) groups is 1. The van der Waals surface area contributed by atoms with Gasteiger partial charge in [-0.2, -0.15) is 4.39 Å². The van der Waals surface area contributed by atoms with E-state index in [0.29, 0.717) is 5.56 Å². The monoisotopic (exact) mass is 278 g/mol. The highest BCUT2D eigenvalue weighted by Crippen LogP contribution is 2.23. The summed E-state index contributed by atoms with van der Waals surface area (Å²) in [6.07, 6.45) is 0.872. The maximum absolute atomic E-state index is 12.7. The van der Waals surface area contributed by atoms with Gasteiger partial charge < -0.3 is 5.11 Å². The number of rotatable bonds is 2. The molecule has 0 bridgehead atoms. The molecule has 0 amide bonds. The third-order valence-corrected chi connectivity index (χ3v) is 2.27. The molecule has 1 rings (SSSR count). The molecule has 0 saturated carbocycles. The molecule has 14 heavy (non-hydrogen) atoms. The van der Waals surface area contributed by atoms with Gasteiger partial charge in [-0.1, -0.05) is 33.6 Å². The van der Waals surface area contributed by atoms with Gasteiger partial charge in [0.1, 0.15) is 0 Å². The summed E-state index contributed by atoms with van der Waals surface area (Å²) in [5.41, 5.74) is 0.328. The predicted molar refractivity (Wildman–Crippen MR) is 55.9 cm³/mol. The number of benzene rings is 1. The number of hydrogen-bond acceptors (Lipinski definition) is 1. The lowest BCUT2D eigenvalue weighted by Crippen LogP contribution is -1.94. The van der Waals surface area contributed by atoms with Crippen molar-refractivity contribution in [1.82, 2.24) is 0 Å². The first-order valence-electron chi connectivity index (χ1n) is 3.56. The van der Waals surface area contributed by atoms with E-state index in [-0.39, 0.29) is 5.02 Å². The van der Waals surface area contributed by atoms with Crippen molar-refractivity contribution in [2.45, 2.75) is 0 Å². The Morgan fingerprint density at radius 3 is 2.71 bits per heavy atom.